The number of nitrogens with zero attached hydrogens (tertiary/aromatic N) is 2. The molecule has 2 aromatic rings. The number of hydrogen-bond donors (Lipinski definition) is 2. The average Bonchev–Trinajstić information content (AvgIpc) is 3.30. The van der Waals surface area contributed by atoms with Gasteiger partial charge in [-0.15, -0.1) is 6.58 Å². The highest BCUT2D eigenvalue weighted by Gasteiger charge is 2.46. The smallest absolute Gasteiger partial charge is 0.252 e. The number of carbonyl (C=O) groups excluding carboxylic acids is 2. The summed E-state index contributed by atoms with van der Waals surface area (Å²) in [4.78, 5) is 33.0. The summed E-state index contributed by atoms with van der Waals surface area (Å²) in [5, 5.41) is 4.61. The number of fused-ring (bicyclic) bond motifs is 1. The molecule has 7 heteroatoms. The molecule has 2 N–H and O–H groups in total. The van der Waals surface area contributed by atoms with Crippen LogP contribution in [0.1, 0.15) is 45.4 Å². The van der Waals surface area contributed by atoms with Crippen LogP contribution in [0.15, 0.2) is 43.1 Å². The second-order valence-electron chi connectivity index (χ2n) is 8.72. The molecule has 164 valence electrons. The fraction of sp³-hybridized carbons (Fsp3) is 0.458. The van der Waals surface area contributed by atoms with Crippen molar-refractivity contribution in [3.05, 3.63) is 43.1 Å². The van der Waals surface area contributed by atoms with Crippen LogP contribution < -0.4 is 5.32 Å². The highest BCUT2D eigenvalue weighted by atomic mass is 32.1. The van der Waals surface area contributed by atoms with E-state index < -0.39 is 6.04 Å². The molecule has 2 fully saturated rings. The normalized spacial score (nSPS) is 24.1. The van der Waals surface area contributed by atoms with Gasteiger partial charge in [-0.05, 0) is 73.8 Å². The summed E-state index contributed by atoms with van der Waals surface area (Å²) in [7, 11) is 0. The number of benzene rings is 1. The number of hydrogen-bond acceptors (Lipinski definition) is 3. The zero-order valence-corrected chi connectivity index (χ0v) is 18.8. The number of amides is 2. The van der Waals surface area contributed by atoms with Gasteiger partial charge in [-0.2, -0.15) is 0 Å². The van der Waals surface area contributed by atoms with E-state index in [0.29, 0.717) is 24.0 Å². The third-order valence-electron chi connectivity index (χ3n) is 6.49. The van der Waals surface area contributed by atoms with Crippen LogP contribution in [0.5, 0.6) is 0 Å². The first-order valence-corrected chi connectivity index (χ1v) is 11.5. The van der Waals surface area contributed by atoms with Crippen molar-refractivity contribution in [2.75, 3.05) is 11.9 Å². The molecule has 1 unspecified atom stereocenters. The Morgan fingerprint density at radius 1 is 1.29 bits per heavy atom. The van der Waals surface area contributed by atoms with Gasteiger partial charge in [0.2, 0.25) is 5.91 Å². The SMILES string of the molecule is C=CCCN1C(=O)C(CC(=O)Nc2ccc3cc[nH]c3c2)N(C2CCC(C)CC2)C1=S. The van der Waals surface area contributed by atoms with Gasteiger partial charge in [0.15, 0.2) is 5.11 Å². The molecule has 1 aromatic heterocycles. The molecule has 1 saturated carbocycles. The molecular formula is C24H30N4O2S. The number of H-pyrrole nitrogens is 1. The van der Waals surface area contributed by atoms with Crippen LogP contribution in [0.2, 0.25) is 0 Å². The monoisotopic (exact) mass is 438 g/mol. The number of aromatic amines is 1. The number of anilines is 1. The standard InChI is InChI=1S/C24H30N4O2S/c1-3-4-13-27-23(30)21(28(24(27)31)19-9-5-16(2)6-10-19)15-22(29)26-18-8-7-17-11-12-25-20(17)14-18/h3,7-8,11-12,14,16,19,21,25H,1,4-6,9-10,13,15H2,2H3,(H,26,29). The van der Waals surface area contributed by atoms with E-state index in [0.717, 1.165) is 42.3 Å². The predicted octanol–water partition coefficient (Wildman–Crippen LogP) is 4.45. The fourth-order valence-electron chi connectivity index (χ4n) is 4.72. The molecule has 1 aromatic carbocycles. The van der Waals surface area contributed by atoms with Crippen LogP contribution in [0.4, 0.5) is 5.69 Å². The predicted molar refractivity (Wildman–Crippen MR) is 128 cm³/mol. The third kappa shape index (κ3) is 4.51. The molecule has 1 aliphatic heterocycles. The van der Waals surface area contributed by atoms with Gasteiger partial charge in [0, 0.05) is 30.0 Å². The van der Waals surface area contributed by atoms with E-state index in [1.165, 1.54) is 0 Å². The van der Waals surface area contributed by atoms with Gasteiger partial charge in [0.05, 0.1) is 6.42 Å². The maximum Gasteiger partial charge on any atom is 0.252 e. The van der Waals surface area contributed by atoms with Crippen molar-refractivity contribution in [3.63, 3.8) is 0 Å². The first kappa shape index (κ1) is 21.6. The zero-order valence-electron chi connectivity index (χ0n) is 18.0. The molecule has 2 heterocycles. The highest BCUT2D eigenvalue weighted by Crippen LogP contribution is 2.33. The number of thiocarbonyl (C=S) groups is 1. The van der Waals surface area contributed by atoms with E-state index in [9.17, 15) is 9.59 Å². The van der Waals surface area contributed by atoms with Gasteiger partial charge in [-0.3, -0.25) is 14.5 Å². The highest BCUT2D eigenvalue weighted by molar-refractivity contribution is 7.80. The molecule has 0 spiro atoms. The lowest BCUT2D eigenvalue weighted by atomic mass is 9.86. The van der Waals surface area contributed by atoms with Crippen molar-refractivity contribution in [2.45, 2.75) is 57.5 Å². The average molecular weight is 439 g/mol. The molecule has 0 radical (unpaired) electrons. The van der Waals surface area contributed by atoms with Gasteiger partial charge in [-0.1, -0.05) is 19.1 Å². The molecule has 1 saturated heterocycles. The van der Waals surface area contributed by atoms with Crippen LogP contribution in [-0.4, -0.2) is 50.3 Å². The van der Waals surface area contributed by atoms with Crippen molar-refractivity contribution in [2.24, 2.45) is 5.92 Å². The van der Waals surface area contributed by atoms with Crippen molar-refractivity contribution >= 4 is 45.7 Å². The van der Waals surface area contributed by atoms with Gasteiger partial charge in [-0.25, -0.2) is 0 Å². The Hall–Kier alpha value is -2.67. The maximum atomic E-state index is 13.2. The summed E-state index contributed by atoms with van der Waals surface area (Å²) < 4.78 is 0. The van der Waals surface area contributed by atoms with Gasteiger partial charge in [0.1, 0.15) is 6.04 Å². The molecule has 1 aliphatic carbocycles. The number of nitrogens with one attached hydrogen (secondary N) is 2. The maximum absolute atomic E-state index is 13.2. The summed E-state index contributed by atoms with van der Waals surface area (Å²) >= 11 is 5.73. The minimum atomic E-state index is -0.537. The zero-order chi connectivity index (χ0) is 22.0. The van der Waals surface area contributed by atoms with Crippen molar-refractivity contribution in [1.82, 2.24) is 14.8 Å². The summed E-state index contributed by atoms with van der Waals surface area (Å²) in [5.41, 5.74) is 1.68. The van der Waals surface area contributed by atoms with Crippen LogP contribution >= 0.6 is 12.2 Å². The van der Waals surface area contributed by atoms with Gasteiger partial charge < -0.3 is 15.2 Å². The topological polar surface area (TPSA) is 68.4 Å². The Morgan fingerprint density at radius 2 is 2.06 bits per heavy atom. The second kappa shape index (κ2) is 9.22. The Labute approximate surface area is 188 Å². The molecule has 2 amide bonds. The lowest BCUT2D eigenvalue weighted by Crippen LogP contribution is -2.46. The van der Waals surface area contributed by atoms with E-state index in [2.05, 4.69) is 28.7 Å². The van der Waals surface area contributed by atoms with E-state index in [4.69, 9.17) is 12.2 Å². The Bertz CT molecular complexity index is 992. The third-order valence-corrected chi connectivity index (χ3v) is 6.92. The lowest BCUT2D eigenvalue weighted by Gasteiger charge is -2.37. The van der Waals surface area contributed by atoms with E-state index >= 15 is 0 Å². The van der Waals surface area contributed by atoms with Crippen LogP contribution in [0.25, 0.3) is 10.9 Å². The quantitative estimate of drug-likeness (QED) is 0.495. The first-order chi connectivity index (χ1) is 15.0. The summed E-state index contributed by atoms with van der Waals surface area (Å²) in [6.07, 6.45) is 8.69. The van der Waals surface area contributed by atoms with E-state index in [-0.39, 0.29) is 24.3 Å². The fourth-order valence-corrected chi connectivity index (χ4v) is 5.18. The van der Waals surface area contributed by atoms with Gasteiger partial charge >= 0.3 is 0 Å². The van der Waals surface area contributed by atoms with Gasteiger partial charge in [0.25, 0.3) is 5.91 Å². The first-order valence-electron chi connectivity index (χ1n) is 11.1. The molecule has 2 aliphatic rings. The van der Waals surface area contributed by atoms with E-state index in [1.807, 2.05) is 30.5 Å². The Kier molecular flexibility index (Phi) is 6.41. The number of carbonyl (C=O) groups is 2. The molecule has 4 rings (SSSR count). The number of rotatable bonds is 7. The Morgan fingerprint density at radius 3 is 2.81 bits per heavy atom. The van der Waals surface area contributed by atoms with Crippen molar-refractivity contribution < 1.29 is 9.59 Å². The largest absolute Gasteiger partial charge is 0.361 e. The molecule has 0 bridgehead atoms. The summed E-state index contributed by atoms with van der Waals surface area (Å²) in [5.74, 6) is 0.455. The molecular weight excluding hydrogens is 408 g/mol. The van der Waals surface area contributed by atoms with Crippen LogP contribution in [0.3, 0.4) is 0 Å². The summed E-state index contributed by atoms with van der Waals surface area (Å²) in [6.45, 7) is 6.55. The minimum Gasteiger partial charge on any atom is -0.361 e. The summed E-state index contributed by atoms with van der Waals surface area (Å²) in [6, 6.07) is 7.42. The lowest BCUT2D eigenvalue weighted by molar-refractivity contribution is -0.131. The minimum absolute atomic E-state index is 0.0690. The van der Waals surface area contributed by atoms with Crippen LogP contribution in [-0.2, 0) is 9.59 Å². The number of aromatic nitrogens is 1. The molecule has 31 heavy (non-hydrogen) atoms. The van der Waals surface area contributed by atoms with E-state index in [1.54, 1.807) is 11.0 Å². The molecule has 6 nitrogen and oxygen atoms in total. The molecule has 1 atom stereocenters. The van der Waals surface area contributed by atoms with Crippen LogP contribution in [0, 0.1) is 5.92 Å². The van der Waals surface area contributed by atoms with Crippen molar-refractivity contribution in [1.29, 1.82) is 0 Å². The Balaban J connectivity index is 1.50. The second-order valence-corrected chi connectivity index (χ2v) is 9.08. The van der Waals surface area contributed by atoms with Crippen molar-refractivity contribution in [3.8, 4) is 0 Å².